The Kier molecular flexibility index (Phi) is 3.55. The highest BCUT2D eigenvalue weighted by Gasteiger charge is 2.30. The standard InChI is InChI=1S/C7H12N2O2S/c8-4-2-1-3-5-6(10)9-7(11)12-5/h5H,1-4,8H2,(H,9,10,11). The van der Waals surface area contributed by atoms with Gasteiger partial charge in [-0.3, -0.25) is 14.9 Å². The summed E-state index contributed by atoms with van der Waals surface area (Å²) in [5.41, 5.74) is 5.30. The van der Waals surface area contributed by atoms with Crippen molar-refractivity contribution in [1.29, 1.82) is 0 Å². The first-order chi connectivity index (χ1) is 5.74. The van der Waals surface area contributed by atoms with E-state index in [4.69, 9.17) is 5.73 Å². The van der Waals surface area contributed by atoms with E-state index >= 15 is 0 Å². The highest BCUT2D eigenvalue weighted by atomic mass is 32.2. The molecule has 1 heterocycles. The fourth-order valence-electron chi connectivity index (χ4n) is 1.06. The molecule has 0 aromatic carbocycles. The van der Waals surface area contributed by atoms with Crippen molar-refractivity contribution in [3.8, 4) is 0 Å². The van der Waals surface area contributed by atoms with Gasteiger partial charge in [-0.05, 0) is 19.4 Å². The van der Waals surface area contributed by atoms with E-state index < -0.39 is 0 Å². The number of thioether (sulfide) groups is 1. The number of carbonyl (C=O) groups is 2. The molecule has 0 aromatic rings. The van der Waals surface area contributed by atoms with Crippen LogP contribution in [0.25, 0.3) is 0 Å². The van der Waals surface area contributed by atoms with Gasteiger partial charge < -0.3 is 5.73 Å². The molecule has 1 rings (SSSR count). The SMILES string of the molecule is NCCCCC1SC(=O)NC1=O. The summed E-state index contributed by atoms with van der Waals surface area (Å²) in [6.45, 7) is 0.646. The Morgan fingerprint density at radius 3 is 2.67 bits per heavy atom. The van der Waals surface area contributed by atoms with Gasteiger partial charge >= 0.3 is 0 Å². The molecule has 68 valence electrons. The van der Waals surface area contributed by atoms with Crippen molar-refractivity contribution in [1.82, 2.24) is 5.32 Å². The first-order valence-electron chi connectivity index (χ1n) is 3.95. The average Bonchev–Trinajstić information content (AvgIpc) is 2.31. The van der Waals surface area contributed by atoms with E-state index in [1.54, 1.807) is 0 Å². The highest BCUT2D eigenvalue weighted by molar-refractivity contribution is 8.15. The molecule has 0 saturated carbocycles. The quantitative estimate of drug-likeness (QED) is 0.629. The number of carbonyl (C=O) groups excluding carboxylic acids is 2. The minimum atomic E-state index is -0.224. The van der Waals surface area contributed by atoms with Gasteiger partial charge in [-0.1, -0.05) is 18.2 Å². The Bertz CT molecular complexity index is 196. The average molecular weight is 188 g/mol. The second kappa shape index (κ2) is 4.47. The number of nitrogens with one attached hydrogen (secondary N) is 1. The summed E-state index contributed by atoms with van der Waals surface area (Å²) in [5.74, 6) is -0.151. The van der Waals surface area contributed by atoms with E-state index in [0.717, 1.165) is 31.0 Å². The maximum absolute atomic E-state index is 11.0. The molecular formula is C7H12N2O2S. The van der Waals surface area contributed by atoms with E-state index in [1.165, 1.54) is 0 Å². The molecule has 1 fully saturated rings. The molecule has 0 spiro atoms. The van der Waals surface area contributed by atoms with E-state index in [9.17, 15) is 9.59 Å². The largest absolute Gasteiger partial charge is 0.330 e. The molecule has 0 aliphatic carbocycles. The van der Waals surface area contributed by atoms with E-state index in [-0.39, 0.29) is 16.4 Å². The number of amides is 2. The van der Waals surface area contributed by atoms with Crippen LogP contribution in [0.3, 0.4) is 0 Å². The van der Waals surface area contributed by atoms with Gasteiger partial charge in [0.2, 0.25) is 5.91 Å². The maximum Gasteiger partial charge on any atom is 0.286 e. The zero-order valence-corrected chi connectivity index (χ0v) is 7.52. The molecule has 5 heteroatoms. The van der Waals surface area contributed by atoms with Crippen LogP contribution in [0.15, 0.2) is 0 Å². The van der Waals surface area contributed by atoms with Crippen molar-refractivity contribution >= 4 is 22.9 Å². The van der Waals surface area contributed by atoms with Crippen LogP contribution in [0.5, 0.6) is 0 Å². The fourth-order valence-corrected chi connectivity index (χ4v) is 1.93. The summed E-state index contributed by atoms with van der Waals surface area (Å²) < 4.78 is 0. The molecule has 2 amide bonds. The van der Waals surface area contributed by atoms with Crippen LogP contribution in [-0.4, -0.2) is 22.9 Å². The number of hydrogen-bond acceptors (Lipinski definition) is 4. The Hall–Kier alpha value is -0.550. The Labute approximate surface area is 75.3 Å². The lowest BCUT2D eigenvalue weighted by molar-refractivity contribution is -0.119. The minimum Gasteiger partial charge on any atom is -0.330 e. The lowest BCUT2D eigenvalue weighted by Crippen LogP contribution is -2.24. The van der Waals surface area contributed by atoms with Gasteiger partial charge in [0, 0.05) is 0 Å². The van der Waals surface area contributed by atoms with Gasteiger partial charge in [0.05, 0.1) is 5.25 Å². The summed E-state index contributed by atoms with van der Waals surface area (Å²) in [4.78, 5) is 21.7. The summed E-state index contributed by atoms with van der Waals surface area (Å²) >= 11 is 1.08. The lowest BCUT2D eigenvalue weighted by atomic mass is 10.2. The third kappa shape index (κ3) is 2.49. The molecule has 1 aliphatic heterocycles. The number of nitrogens with two attached hydrogens (primary N) is 1. The minimum absolute atomic E-state index is 0.151. The second-order valence-corrected chi connectivity index (χ2v) is 3.84. The van der Waals surface area contributed by atoms with Crippen LogP contribution < -0.4 is 11.1 Å². The van der Waals surface area contributed by atoms with E-state index in [1.807, 2.05) is 0 Å². The number of imide groups is 1. The number of hydrogen-bond donors (Lipinski definition) is 2. The summed E-state index contributed by atoms with van der Waals surface area (Å²) in [6.07, 6.45) is 2.58. The molecule has 12 heavy (non-hydrogen) atoms. The monoisotopic (exact) mass is 188 g/mol. The van der Waals surface area contributed by atoms with Crippen LogP contribution in [0, 0.1) is 0 Å². The second-order valence-electron chi connectivity index (χ2n) is 2.67. The van der Waals surface area contributed by atoms with Crippen LogP contribution in [-0.2, 0) is 4.79 Å². The smallest absolute Gasteiger partial charge is 0.286 e. The van der Waals surface area contributed by atoms with Gasteiger partial charge in [0.15, 0.2) is 0 Å². The van der Waals surface area contributed by atoms with Gasteiger partial charge in [0.1, 0.15) is 0 Å². The number of unbranched alkanes of at least 4 members (excludes halogenated alkanes) is 1. The number of rotatable bonds is 4. The topological polar surface area (TPSA) is 72.2 Å². The van der Waals surface area contributed by atoms with Crippen molar-refractivity contribution in [2.75, 3.05) is 6.54 Å². The predicted octanol–water partition coefficient (Wildman–Crippen LogP) is 0.467. The normalized spacial score (nSPS) is 22.9. The molecule has 1 atom stereocenters. The summed E-state index contributed by atoms with van der Waals surface area (Å²) in [7, 11) is 0. The molecule has 1 aliphatic rings. The van der Waals surface area contributed by atoms with Gasteiger partial charge in [-0.15, -0.1) is 0 Å². The van der Waals surface area contributed by atoms with Crippen molar-refractivity contribution in [3.05, 3.63) is 0 Å². The molecule has 0 bridgehead atoms. The first-order valence-corrected chi connectivity index (χ1v) is 4.83. The zero-order valence-electron chi connectivity index (χ0n) is 6.71. The Morgan fingerprint density at radius 1 is 1.42 bits per heavy atom. The lowest BCUT2D eigenvalue weighted by Gasteiger charge is -2.02. The summed E-state index contributed by atoms with van der Waals surface area (Å²) in [5, 5.41) is 1.85. The molecule has 1 saturated heterocycles. The van der Waals surface area contributed by atoms with Gasteiger partial charge in [-0.2, -0.15) is 0 Å². The third-order valence-corrected chi connectivity index (χ3v) is 2.74. The molecule has 0 aromatic heterocycles. The molecule has 1 unspecified atom stereocenters. The Morgan fingerprint density at radius 2 is 2.17 bits per heavy atom. The van der Waals surface area contributed by atoms with Gasteiger partial charge in [0.25, 0.3) is 5.24 Å². The van der Waals surface area contributed by atoms with Crippen LogP contribution in [0.2, 0.25) is 0 Å². The molecule has 4 nitrogen and oxygen atoms in total. The van der Waals surface area contributed by atoms with Crippen molar-refractivity contribution in [3.63, 3.8) is 0 Å². The van der Waals surface area contributed by atoms with Crippen LogP contribution >= 0.6 is 11.8 Å². The molecule has 0 radical (unpaired) electrons. The van der Waals surface area contributed by atoms with Crippen LogP contribution in [0.1, 0.15) is 19.3 Å². The van der Waals surface area contributed by atoms with E-state index in [2.05, 4.69) is 5.32 Å². The molecular weight excluding hydrogens is 176 g/mol. The van der Waals surface area contributed by atoms with Crippen molar-refractivity contribution in [2.24, 2.45) is 5.73 Å². The third-order valence-electron chi connectivity index (χ3n) is 1.69. The summed E-state index contributed by atoms with van der Waals surface area (Å²) in [6, 6.07) is 0. The van der Waals surface area contributed by atoms with Crippen molar-refractivity contribution in [2.45, 2.75) is 24.5 Å². The molecule has 3 N–H and O–H groups in total. The zero-order chi connectivity index (χ0) is 8.97. The van der Waals surface area contributed by atoms with Gasteiger partial charge in [-0.25, -0.2) is 0 Å². The first kappa shape index (κ1) is 9.54. The highest BCUT2D eigenvalue weighted by Crippen LogP contribution is 2.23. The Balaban J connectivity index is 2.24. The fraction of sp³-hybridized carbons (Fsp3) is 0.714. The van der Waals surface area contributed by atoms with Crippen molar-refractivity contribution < 1.29 is 9.59 Å². The maximum atomic E-state index is 11.0. The van der Waals surface area contributed by atoms with E-state index in [0.29, 0.717) is 6.54 Å². The predicted molar refractivity (Wildman–Crippen MR) is 47.8 cm³/mol. The van der Waals surface area contributed by atoms with Crippen LogP contribution in [0.4, 0.5) is 4.79 Å².